The van der Waals surface area contributed by atoms with E-state index in [-0.39, 0.29) is 23.8 Å². The van der Waals surface area contributed by atoms with Crippen LogP contribution in [-0.4, -0.2) is 22.9 Å². The van der Waals surface area contributed by atoms with E-state index in [1.807, 2.05) is 27.7 Å². The smallest absolute Gasteiger partial charge is 0.216 e. The van der Waals surface area contributed by atoms with E-state index >= 15 is 0 Å². The molecule has 1 rings (SSSR count). The third kappa shape index (κ3) is 4.18. The highest BCUT2D eigenvalue weighted by Crippen LogP contribution is 2.11. The number of Topliss-reactive ketones (excluding diaryl/α,β-unsaturated/α-hetero) is 1. The number of nitrogens with zero attached hydrogens (tertiary/aromatic N) is 1. The van der Waals surface area contributed by atoms with Crippen molar-refractivity contribution >= 4 is 5.78 Å². The Morgan fingerprint density at radius 1 is 1.39 bits per heavy atom. The Bertz CT molecular complexity index is 405. The molecule has 0 aliphatic carbocycles. The molecule has 0 saturated heterocycles. The fourth-order valence-electron chi connectivity index (χ4n) is 1.84. The van der Waals surface area contributed by atoms with Crippen LogP contribution in [0.15, 0.2) is 18.3 Å². The van der Waals surface area contributed by atoms with Crippen LogP contribution in [0.3, 0.4) is 0 Å². The van der Waals surface area contributed by atoms with Crippen LogP contribution in [-0.2, 0) is 11.2 Å². The maximum Gasteiger partial charge on any atom is 0.216 e. The summed E-state index contributed by atoms with van der Waals surface area (Å²) in [6.45, 7) is 7.66. The normalized spacial score (nSPS) is 13.1. The van der Waals surface area contributed by atoms with Crippen molar-refractivity contribution in [1.29, 1.82) is 0 Å². The topological polar surface area (TPSA) is 42.0 Å². The van der Waals surface area contributed by atoms with Crippen molar-refractivity contribution in [3.8, 4) is 0 Å². The van der Waals surface area contributed by atoms with Gasteiger partial charge in [-0.25, -0.2) is 4.98 Å². The third-order valence-corrected chi connectivity index (χ3v) is 2.71. The monoisotopic (exact) mass is 252 g/mol. The van der Waals surface area contributed by atoms with E-state index in [0.29, 0.717) is 12.0 Å². The average Bonchev–Trinajstić information content (AvgIpc) is 2.29. The number of nitrogens with one attached hydrogen (secondary N) is 1. The van der Waals surface area contributed by atoms with Gasteiger partial charge in [0.25, 0.3) is 0 Å². The van der Waals surface area contributed by atoms with Crippen molar-refractivity contribution in [1.82, 2.24) is 10.3 Å². The van der Waals surface area contributed by atoms with Crippen LogP contribution in [0, 0.1) is 11.9 Å². The Morgan fingerprint density at radius 3 is 2.56 bits per heavy atom. The molecule has 1 heterocycles. The van der Waals surface area contributed by atoms with Crippen LogP contribution in [0.25, 0.3) is 0 Å². The first-order valence-electron chi connectivity index (χ1n) is 6.31. The molecule has 0 bridgehead atoms. The second-order valence-electron chi connectivity index (χ2n) is 5.09. The quantitative estimate of drug-likeness (QED) is 0.790. The van der Waals surface area contributed by atoms with Gasteiger partial charge in [-0.3, -0.25) is 4.79 Å². The number of halogens is 1. The summed E-state index contributed by atoms with van der Waals surface area (Å²) in [4.78, 5) is 15.7. The zero-order valence-corrected chi connectivity index (χ0v) is 11.4. The summed E-state index contributed by atoms with van der Waals surface area (Å²) in [7, 11) is 0. The summed E-state index contributed by atoms with van der Waals surface area (Å²) in [6, 6.07) is 3.18. The predicted molar refractivity (Wildman–Crippen MR) is 69.8 cm³/mol. The minimum Gasteiger partial charge on any atom is -0.305 e. The SMILES string of the molecule is CC(C)N[C@@H](Cc1cccnc1F)C(=O)C(C)C. The Hall–Kier alpha value is -1.29. The first kappa shape index (κ1) is 14.8. The molecule has 0 unspecified atom stereocenters. The van der Waals surface area contributed by atoms with Crippen LogP contribution < -0.4 is 5.32 Å². The van der Waals surface area contributed by atoms with Gasteiger partial charge in [-0.05, 0) is 12.5 Å². The van der Waals surface area contributed by atoms with Gasteiger partial charge >= 0.3 is 0 Å². The zero-order chi connectivity index (χ0) is 13.7. The molecule has 0 fully saturated rings. The van der Waals surface area contributed by atoms with Crippen molar-refractivity contribution in [3.63, 3.8) is 0 Å². The summed E-state index contributed by atoms with van der Waals surface area (Å²) in [5, 5.41) is 3.19. The lowest BCUT2D eigenvalue weighted by Gasteiger charge is -2.22. The lowest BCUT2D eigenvalue weighted by molar-refractivity contribution is -0.124. The molecular formula is C14H21FN2O. The molecule has 0 aliphatic rings. The van der Waals surface area contributed by atoms with Crippen LogP contribution in [0.4, 0.5) is 4.39 Å². The number of carbonyl (C=O) groups excluding carboxylic acids is 1. The number of aromatic nitrogens is 1. The number of rotatable bonds is 6. The minimum absolute atomic E-state index is 0.0685. The van der Waals surface area contributed by atoms with Crippen molar-refractivity contribution in [3.05, 3.63) is 29.8 Å². The second-order valence-corrected chi connectivity index (χ2v) is 5.09. The molecule has 0 radical (unpaired) electrons. The summed E-state index contributed by atoms with van der Waals surface area (Å²) in [6.07, 6.45) is 1.75. The summed E-state index contributed by atoms with van der Waals surface area (Å²) < 4.78 is 13.5. The van der Waals surface area contributed by atoms with Gasteiger partial charge in [0.15, 0.2) is 5.78 Å². The predicted octanol–water partition coefficient (Wildman–Crippen LogP) is 2.35. The fourth-order valence-corrected chi connectivity index (χ4v) is 1.84. The Kier molecular flexibility index (Phi) is 5.41. The van der Waals surface area contributed by atoms with Gasteiger partial charge < -0.3 is 5.32 Å². The molecule has 100 valence electrons. The van der Waals surface area contributed by atoms with E-state index in [1.165, 1.54) is 6.20 Å². The number of hydrogen-bond acceptors (Lipinski definition) is 3. The van der Waals surface area contributed by atoms with E-state index in [1.54, 1.807) is 12.1 Å². The van der Waals surface area contributed by atoms with Gasteiger partial charge in [0, 0.05) is 23.7 Å². The van der Waals surface area contributed by atoms with Crippen LogP contribution >= 0.6 is 0 Å². The highest BCUT2D eigenvalue weighted by Gasteiger charge is 2.23. The van der Waals surface area contributed by atoms with Gasteiger partial charge in [-0.15, -0.1) is 0 Å². The molecule has 3 nitrogen and oxygen atoms in total. The van der Waals surface area contributed by atoms with Gasteiger partial charge in [-0.2, -0.15) is 4.39 Å². The van der Waals surface area contributed by atoms with Gasteiger partial charge in [0.1, 0.15) is 0 Å². The standard InChI is InChI=1S/C14H21FN2O/c1-9(2)13(18)12(17-10(3)4)8-11-6-5-7-16-14(11)15/h5-7,9-10,12,17H,8H2,1-4H3/t12-/m0/s1. The third-order valence-electron chi connectivity index (χ3n) is 2.71. The molecule has 18 heavy (non-hydrogen) atoms. The summed E-state index contributed by atoms with van der Waals surface area (Å²) in [5.74, 6) is -0.461. The summed E-state index contributed by atoms with van der Waals surface area (Å²) in [5.41, 5.74) is 0.477. The number of carbonyl (C=O) groups is 1. The highest BCUT2D eigenvalue weighted by atomic mass is 19.1. The van der Waals surface area contributed by atoms with E-state index in [2.05, 4.69) is 10.3 Å². The molecule has 0 amide bonds. The Labute approximate surface area is 108 Å². The molecular weight excluding hydrogens is 231 g/mol. The molecule has 0 aliphatic heterocycles. The van der Waals surface area contributed by atoms with Crippen molar-refractivity contribution in [2.24, 2.45) is 5.92 Å². The lowest BCUT2D eigenvalue weighted by atomic mass is 9.95. The van der Waals surface area contributed by atoms with Crippen molar-refractivity contribution in [2.75, 3.05) is 0 Å². The lowest BCUT2D eigenvalue weighted by Crippen LogP contribution is -2.44. The Balaban J connectivity index is 2.85. The largest absolute Gasteiger partial charge is 0.305 e. The van der Waals surface area contributed by atoms with Crippen LogP contribution in [0.2, 0.25) is 0 Å². The number of pyridine rings is 1. The average molecular weight is 252 g/mol. The van der Waals surface area contributed by atoms with E-state index < -0.39 is 5.95 Å². The molecule has 1 aromatic heterocycles. The zero-order valence-electron chi connectivity index (χ0n) is 11.4. The molecule has 0 aromatic carbocycles. The maximum absolute atomic E-state index is 13.5. The first-order chi connectivity index (χ1) is 8.41. The molecule has 4 heteroatoms. The van der Waals surface area contributed by atoms with Gasteiger partial charge in [-0.1, -0.05) is 33.8 Å². The number of hydrogen-bond donors (Lipinski definition) is 1. The Morgan fingerprint density at radius 2 is 2.06 bits per heavy atom. The fraction of sp³-hybridized carbons (Fsp3) is 0.571. The molecule has 1 aromatic rings. The van der Waals surface area contributed by atoms with Crippen LogP contribution in [0.1, 0.15) is 33.3 Å². The van der Waals surface area contributed by atoms with E-state index in [9.17, 15) is 9.18 Å². The van der Waals surface area contributed by atoms with Crippen LogP contribution in [0.5, 0.6) is 0 Å². The molecule has 1 N–H and O–H groups in total. The first-order valence-corrected chi connectivity index (χ1v) is 6.31. The maximum atomic E-state index is 13.5. The van der Waals surface area contributed by atoms with Crippen molar-refractivity contribution < 1.29 is 9.18 Å². The molecule has 0 spiro atoms. The van der Waals surface area contributed by atoms with Gasteiger partial charge in [0.05, 0.1) is 6.04 Å². The van der Waals surface area contributed by atoms with E-state index in [0.717, 1.165) is 0 Å². The van der Waals surface area contributed by atoms with E-state index in [4.69, 9.17) is 0 Å². The van der Waals surface area contributed by atoms with Crippen molar-refractivity contribution in [2.45, 2.75) is 46.2 Å². The highest BCUT2D eigenvalue weighted by molar-refractivity contribution is 5.86. The molecule has 1 atom stereocenters. The second kappa shape index (κ2) is 6.59. The number of ketones is 1. The summed E-state index contributed by atoms with van der Waals surface area (Å²) >= 11 is 0. The van der Waals surface area contributed by atoms with Gasteiger partial charge in [0.2, 0.25) is 5.95 Å². The molecule has 0 saturated carbocycles. The minimum atomic E-state index is -0.496.